The van der Waals surface area contributed by atoms with Crippen LogP contribution in [0.3, 0.4) is 0 Å². The van der Waals surface area contributed by atoms with Crippen LogP contribution in [-0.2, 0) is 23.8 Å². The van der Waals surface area contributed by atoms with Gasteiger partial charge in [-0.1, -0.05) is 23.8 Å². The van der Waals surface area contributed by atoms with Gasteiger partial charge in [0.15, 0.2) is 0 Å². The molecule has 1 fully saturated rings. The molecule has 1 aliphatic carbocycles. The highest BCUT2D eigenvalue weighted by atomic mass is 32.2. The molecule has 1 saturated heterocycles. The van der Waals surface area contributed by atoms with Crippen LogP contribution in [0.5, 0.6) is 0 Å². The van der Waals surface area contributed by atoms with Crippen molar-refractivity contribution >= 4 is 16.1 Å². The third-order valence-corrected chi connectivity index (χ3v) is 5.31. The molecule has 3 atom stereocenters. The first-order chi connectivity index (χ1) is 10.9. The second-order valence-corrected chi connectivity index (χ2v) is 7.31. The van der Waals surface area contributed by atoms with Gasteiger partial charge in [-0.15, -0.1) is 0 Å². The SMILES string of the molecule is CCOC(=O)C1=C[C@@H]2N[C@H]2[C@H](OS(=O)(=O)c2ccc(C)cc2)C1. The number of hydrogen-bond acceptors (Lipinski definition) is 6. The molecule has 0 spiro atoms. The standard InChI is InChI=1S/C16H19NO5S/c1-3-21-16(18)11-8-13-15(17-13)14(9-11)22-23(19,20)12-6-4-10(2)5-7-12/h4-8,13-15,17H,3,9H2,1-2H3/t13-,14+,15+/m0/s1. The quantitative estimate of drug-likeness (QED) is 0.495. The van der Waals surface area contributed by atoms with E-state index in [2.05, 4.69) is 5.32 Å². The minimum absolute atomic E-state index is 0.0265. The lowest BCUT2D eigenvalue weighted by molar-refractivity contribution is -0.139. The number of hydrogen-bond donors (Lipinski definition) is 1. The predicted molar refractivity (Wildman–Crippen MR) is 83.3 cm³/mol. The average molecular weight is 337 g/mol. The fourth-order valence-corrected chi connectivity index (χ4v) is 3.77. The molecule has 1 heterocycles. The molecule has 1 aliphatic heterocycles. The third kappa shape index (κ3) is 3.46. The fraction of sp³-hybridized carbons (Fsp3) is 0.438. The van der Waals surface area contributed by atoms with E-state index in [1.54, 1.807) is 25.1 Å². The summed E-state index contributed by atoms with van der Waals surface area (Å²) in [4.78, 5) is 12.0. The van der Waals surface area contributed by atoms with E-state index >= 15 is 0 Å². The summed E-state index contributed by atoms with van der Waals surface area (Å²) >= 11 is 0. The first-order valence-corrected chi connectivity index (χ1v) is 8.95. The summed E-state index contributed by atoms with van der Waals surface area (Å²) in [5, 5.41) is 3.12. The van der Waals surface area contributed by atoms with Crippen LogP contribution in [-0.4, -0.2) is 39.2 Å². The number of fused-ring (bicyclic) bond motifs is 1. The lowest BCUT2D eigenvalue weighted by Crippen LogP contribution is -2.30. The predicted octanol–water partition coefficient (Wildman–Crippen LogP) is 1.30. The number of esters is 1. The van der Waals surface area contributed by atoms with E-state index in [9.17, 15) is 13.2 Å². The van der Waals surface area contributed by atoms with Crippen LogP contribution in [0.2, 0.25) is 0 Å². The number of nitrogens with one attached hydrogen (secondary N) is 1. The second kappa shape index (κ2) is 6.07. The molecule has 23 heavy (non-hydrogen) atoms. The molecule has 0 unspecified atom stereocenters. The number of aryl methyl sites for hydroxylation is 1. The smallest absolute Gasteiger partial charge is 0.333 e. The summed E-state index contributed by atoms with van der Waals surface area (Å²) in [7, 11) is -3.86. The maximum atomic E-state index is 12.4. The highest BCUT2D eigenvalue weighted by molar-refractivity contribution is 7.86. The number of carbonyl (C=O) groups excluding carboxylic acids is 1. The minimum Gasteiger partial charge on any atom is -0.463 e. The van der Waals surface area contributed by atoms with Crippen LogP contribution < -0.4 is 5.32 Å². The van der Waals surface area contributed by atoms with Crippen molar-refractivity contribution < 1.29 is 22.1 Å². The zero-order valence-electron chi connectivity index (χ0n) is 13.0. The van der Waals surface area contributed by atoms with E-state index in [0.717, 1.165) is 5.56 Å². The monoisotopic (exact) mass is 337 g/mol. The van der Waals surface area contributed by atoms with Gasteiger partial charge in [-0.05, 0) is 26.0 Å². The second-order valence-electron chi connectivity index (χ2n) is 5.74. The Balaban J connectivity index is 1.74. The third-order valence-electron chi connectivity index (χ3n) is 3.96. The number of benzene rings is 1. The molecule has 6 nitrogen and oxygen atoms in total. The molecule has 0 radical (unpaired) electrons. The van der Waals surface area contributed by atoms with Crippen molar-refractivity contribution in [2.45, 2.75) is 43.4 Å². The van der Waals surface area contributed by atoms with Crippen LogP contribution in [0.1, 0.15) is 18.9 Å². The molecule has 0 amide bonds. The first kappa shape index (κ1) is 16.2. The van der Waals surface area contributed by atoms with Crippen molar-refractivity contribution in [1.82, 2.24) is 5.32 Å². The van der Waals surface area contributed by atoms with Crippen molar-refractivity contribution in [2.75, 3.05) is 6.61 Å². The van der Waals surface area contributed by atoms with E-state index in [1.807, 2.05) is 6.92 Å². The van der Waals surface area contributed by atoms with Gasteiger partial charge < -0.3 is 10.1 Å². The first-order valence-electron chi connectivity index (χ1n) is 7.54. The van der Waals surface area contributed by atoms with Crippen molar-refractivity contribution in [1.29, 1.82) is 0 Å². The zero-order chi connectivity index (χ0) is 16.6. The van der Waals surface area contributed by atoms with E-state index in [4.69, 9.17) is 8.92 Å². The Bertz CT molecular complexity index is 738. The highest BCUT2D eigenvalue weighted by Gasteiger charge is 2.48. The molecule has 1 N–H and O–H groups in total. The van der Waals surface area contributed by atoms with E-state index < -0.39 is 22.2 Å². The van der Waals surface area contributed by atoms with Crippen molar-refractivity contribution in [3.05, 3.63) is 41.5 Å². The van der Waals surface area contributed by atoms with Gasteiger partial charge in [0, 0.05) is 18.0 Å². The van der Waals surface area contributed by atoms with Gasteiger partial charge in [-0.3, -0.25) is 4.18 Å². The summed E-state index contributed by atoms with van der Waals surface area (Å²) < 4.78 is 35.1. The topological polar surface area (TPSA) is 91.6 Å². The van der Waals surface area contributed by atoms with Crippen LogP contribution >= 0.6 is 0 Å². The van der Waals surface area contributed by atoms with E-state index in [-0.39, 0.29) is 30.0 Å². The molecule has 124 valence electrons. The molecule has 0 saturated carbocycles. The molecule has 2 aliphatic rings. The largest absolute Gasteiger partial charge is 0.463 e. The van der Waals surface area contributed by atoms with Crippen LogP contribution in [0.25, 0.3) is 0 Å². The summed E-state index contributed by atoms with van der Waals surface area (Å²) in [6.07, 6.45) is 1.41. The zero-order valence-corrected chi connectivity index (χ0v) is 13.8. The van der Waals surface area contributed by atoms with Gasteiger partial charge in [-0.2, -0.15) is 8.42 Å². The maximum Gasteiger partial charge on any atom is 0.333 e. The Morgan fingerprint density at radius 3 is 2.65 bits per heavy atom. The summed E-state index contributed by atoms with van der Waals surface area (Å²) in [6.45, 7) is 3.90. The highest BCUT2D eigenvalue weighted by Crippen LogP contribution is 2.33. The molecule has 0 bridgehead atoms. The number of rotatable bonds is 5. The molecule has 3 rings (SSSR count). The minimum atomic E-state index is -3.86. The van der Waals surface area contributed by atoms with E-state index in [0.29, 0.717) is 5.57 Å². The molecule has 7 heteroatoms. The Kier molecular flexibility index (Phi) is 4.27. The normalized spacial score (nSPS) is 26.2. The molecular weight excluding hydrogens is 318 g/mol. The van der Waals surface area contributed by atoms with Crippen LogP contribution in [0, 0.1) is 6.92 Å². The van der Waals surface area contributed by atoms with Gasteiger partial charge in [-0.25, -0.2) is 4.79 Å². The van der Waals surface area contributed by atoms with Crippen molar-refractivity contribution in [3.8, 4) is 0 Å². The van der Waals surface area contributed by atoms with Crippen molar-refractivity contribution in [2.24, 2.45) is 0 Å². The van der Waals surface area contributed by atoms with Gasteiger partial charge >= 0.3 is 5.97 Å². The van der Waals surface area contributed by atoms with Gasteiger partial charge in [0.2, 0.25) is 0 Å². The Labute approximate surface area is 135 Å². The number of carbonyl (C=O) groups is 1. The van der Waals surface area contributed by atoms with E-state index in [1.165, 1.54) is 12.1 Å². The summed E-state index contributed by atoms with van der Waals surface area (Å²) in [5.74, 6) is -0.416. The summed E-state index contributed by atoms with van der Waals surface area (Å²) in [5.41, 5.74) is 1.43. The number of ether oxygens (including phenoxy) is 1. The van der Waals surface area contributed by atoms with Gasteiger partial charge in [0.1, 0.15) is 0 Å². The van der Waals surface area contributed by atoms with Crippen molar-refractivity contribution in [3.63, 3.8) is 0 Å². The van der Waals surface area contributed by atoms with Crippen LogP contribution in [0.4, 0.5) is 0 Å². The Morgan fingerprint density at radius 1 is 1.30 bits per heavy atom. The Morgan fingerprint density at radius 2 is 2.00 bits per heavy atom. The van der Waals surface area contributed by atoms with Gasteiger partial charge in [0.25, 0.3) is 10.1 Å². The Hall–Kier alpha value is -1.70. The lowest BCUT2D eigenvalue weighted by Gasteiger charge is -2.20. The van der Waals surface area contributed by atoms with Crippen LogP contribution in [0.15, 0.2) is 40.8 Å². The summed E-state index contributed by atoms with van der Waals surface area (Å²) in [6, 6.07) is 6.38. The van der Waals surface area contributed by atoms with Gasteiger partial charge in [0.05, 0.1) is 23.6 Å². The fourth-order valence-electron chi connectivity index (χ4n) is 2.68. The molecule has 1 aromatic rings. The average Bonchev–Trinajstić information content (AvgIpc) is 3.27. The maximum absolute atomic E-state index is 12.4. The molecular formula is C16H19NO5S. The lowest BCUT2D eigenvalue weighted by atomic mass is 9.97. The molecule has 0 aromatic heterocycles. The molecule has 1 aromatic carbocycles.